The highest BCUT2D eigenvalue weighted by atomic mass is 35.5. The Balaban J connectivity index is 1.67. The van der Waals surface area contributed by atoms with Crippen LogP contribution in [-0.4, -0.2) is 52.5 Å². The van der Waals surface area contributed by atoms with Gasteiger partial charge >= 0.3 is 5.97 Å². The predicted octanol–water partition coefficient (Wildman–Crippen LogP) is 6.60. The topological polar surface area (TPSA) is 70.5 Å². The van der Waals surface area contributed by atoms with Gasteiger partial charge in [-0.05, 0) is 35.9 Å². The van der Waals surface area contributed by atoms with Crippen LogP contribution in [0.25, 0.3) is 10.9 Å². The molecule has 1 aromatic heterocycles. The number of hydrogen-bond acceptors (Lipinski definition) is 6. The summed E-state index contributed by atoms with van der Waals surface area (Å²) >= 11 is 11.1. The maximum absolute atomic E-state index is 12.0. The molecule has 1 atom stereocenters. The van der Waals surface area contributed by atoms with Crippen molar-refractivity contribution < 1.29 is 14.7 Å². The number of fused-ring (bicyclic) bond motifs is 1. The van der Waals surface area contributed by atoms with E-state index in [4.69, 9.17) is 21.7 Å². The molecule has 1 unspecified atom stereocenters. The fourth-order valence-corrected chi connectivity index (χ4v) is 6.78. The monoisotopic (exact) mass is 534 g/mol. The lowest BCUT2D eigenvalue weighted by Crippen LogP contribution is -2.21. The normalized spacial score (nSPS) is 12.0. The average Bonchev–Trinajstić information content (AvgIpc) is 2.81. The molecule has 0 saturated carbocycles. The van der Waals surface area contributed by atoms with Crippen molar-refractivity contribution in [3.63, 3.8) is 0 Å². The van der Waals surface area contributed by atoms with Gasteiger partial charge in [-0.15, -0.1) is 35.3 Å². The molecule has 0 spiro atoms. The van der Waals surface area contributed by atoms with E-state index in [2.05, 4.69) is 24.3 Å². The minimum absolute atomic E-state index is 0.0656. The Hall–Kier alpha value is -1.87. The molecule has 0 bridgehead atoms. The van der Waals surface area contributed by atoms with Gasteiger partial charge < -0.3 is 10.0 Å². The molecule has 1 amide bonds. The van der Waals surface area contributed by atoms with Crippen molar-refractivity contribution >= 4 is 69.7 Å². The smallest absolute Gasteiger partial charge is 0.304 e. The number of pyridine rings is 1. The van der Waals surface area contributed by atoms with Crippen molar-refractivity contribution in [1.82, 2.24) is 9.88 Å². The highest BCUT2D eigenvalue weighted by molar-refractivity contribution is 8.16. The molecule has 0 aliphatic rings. The Morgan fingerprint density at radius 1 is 1.03 bits per heavy atom. The van der Waals surface area contributed by atoms with Crippen molar-refractivity contribution in [1.29, 1.82) is 0 Å². The van der Waals surface area contributed by atoms with Crippen LogP contribution in [0.15, 0.2) is 59.5 Å². The van der Waals surface area contributed by atoms with Crippen molar-refractivity contribution in [2.45, 2.75) is 28.1 Å². The molecule has 1 heterocycles. The van der Waals surface area contributed by atoms with E-state index in [1.807, 2.05) is 30.3 Å². The maximum atomic E-state index is 12.0. The molecule has 0 aliphatic carbocycles. The predicted molar refractivity (Wildman–Crippen MR) is 146 cm³/mol. The van der Waals surface area contributed by atoms with Crippen molar-refractivity contribution in [2.75, 3.05) is 25.6 Å². The van der Waals surface area contributed by atoms with Crippen LogP contribution in [0.5, 0.6) is 0 Å². The summed E-state index contributed by atoms with van der Waals surface area (Å²) in [5, 5.41) is 10.8. The number of carboxylic acid groups (broad SMARTS) is 1. The van der Waals surface area contributed by atoms with Gasteiger partial charge in [0, 0.05) is 53.1 Å². The first kappa shape index (κ1) is 26.7. The second kappa shape index (κ2) is 13.3. The molecule has 0 saturated heterocycles. The van der Waals surface area contributed by atoms with Gasteiger partial charge in [-0.1, -0.05) is 35.9 Å². The lowest BCUT2D eigenvalue weighted by molar-refractivity contribution is -0.136. The van der Waals surface area contributed by atoms with Gasteiger partial charge in [0.05, 0.1) is 22.2 Å². The lowest BCUT2D eigenvalue weighted by atomic mass is 10.2. The number of carbonyl (C=O) groups is 2. The van der Waals surface area contributed by atoms with E-state index < -0.39 is 5.97 Å². The number of nitrogens with zero attached hydrogens (tertiary/aromatic N) is 2. The van der Waals surface area contributed by atoms with Crippen molar-refractivity contribution in [3.05, 3.63) is 70.9 Å². The van der Waals surface area contributed by atoms with E-state index in [1.54, 1.807) is 54.3 Å². The molecule has 9 heteroatoms. The van der Waals surface area contributed by atoms with Crippen LogP contribution < -0.4 is 0 Å². The van der Waals surface area contributed by atoms with Crippen molar-refractivity contribution in [3.8, 4) is 0 Å². The molecule has 2 aromatic carbocycles. The number of aliphatic carboxylic acids is 1. The molecule has 5 nitrogen and oxygen atoms in total. The summed E-state index contributed by atoms with van der Waals surface area (Å²) in [4.78, 5) is 30.4. The molecule has 0 fully saturated rings. The van der Waals surface area contributed by atoms with Crippen LogP contribution in [0.2, 0.25) is 5.02 Å². The first-order valence-electron chi connectivity index (χ1n) is 10.7. The third-order valence-electron chi connectivity index (χ3n) is 4.90. The molecule has 0 aliphatic heterocycles. The van der Waals surface area contributed by atoms with E-state index in [0.29, 0.717) is 22.9 Å². The highest BCUT2D eigenvalue weighted by Gasteiger charge is 2.16. The molecular weight excluding hydrogens is 508 g/mol. The molecule has 180 valence electrons. The average molecular weight is 535 g/mol. The standard InChI is InChI=1S/C25H27ClN2O3S3/c1-28(2)23(29)10-12-32-25(33-13-11-24(30)31)18-4-3-5-21(14-18)34-16-20-9-7-17-6-8-19(26)15-22(17)27-20/h3-9,14-15,25H,10-13,16H2,1-2H3,(H,30,31). The van der Waals surface area contributed by atoms with Gasteiger partial charge in [-0.2, -0.15) is 0 Å². The van der Waals surface area contributed by atoms with E-state index in [-0.39, 0.29) is 16.9 Å². The number of rotatable bonds is 12. The minimum atomic E-state index is -0.799. The number of carboxylic acids is 1. The fraction of sp³-hybridized carbons (Fsp3) is 0.320. The molecule has 3 aromatic rings. The Labute approximate surface area is 218 Å². The first-order valence-corrected chi connectivity index (χ1v) is 14.2. The van der Waals surface area contributed by atoms with Gasteiger partial charge in [0.15, 0.2) is 0 Å². The number of thioether (sulfide) groups is 3. The summed E-state index contributed by atoms with van der Waals surface area (Å²) in [6.07, 6.45) is 0.574. The van der Waals surface area contributed by atoms with Crippen LogP contribution in [-0.2, 0) is 15.3 Å². The van der Waals surface area contributed by atoms with Gasteiger partial charge in [-0.25, -0.2) is 0 Å². The van der Waals surface area contributed by atoms with Gasteiger partial charge in [0.2, 0.25) is 5.91 Å². The van der Waals surface area contributed by atoms with E-state index in [1.165, 1.54) is 0 Å². The van der Waals surface area contributed by atoms with Gasteiger partial charge in [-0.3, -0.25) is 14.6 Å². The SMILES string of the molecule is CN(C)C(=O)CCSC(SCCC(=O)O)c1cccc(SCc2ccc3ccc(Cl)cc3n2)c1. The maximum Gasteiger partial charge on any atom is 0.304 e. The van der Waals surface area contributed by atoms with E-state index in [9.17, 15) is 9.59 Å². The lowest BCUT2D eigenvalue weighted by Gasteiger charge is -2.18. The Kier molecular flexibility index (Phi) is 10.4. The van der Waals surface area contributed by atoms with Crippen LogP contribution in [0.1, 0.15) is 28.7 Å². The zero-order chi connectivity index (χ0) is 24.5. The number of amides is 1. The molecule has 34 heavy (non-hydrogen) atoms. The highest BCUT2D eigenvalue weighted by Crippen LogP contribution is 2.41. The van der Waals surface area contributed by atoms with E-state index in [0.717, 1.165) is 32.8 Å². The third kappa shape index (κ3) is 8.41. The van der Waals surface area contributed by atoms with Crippen LogP contribution >= 0.6 is 46.9 Å². The first-order chi connectivity index (χ1) is 16.3. The second-order valence-electron chi connectivity index (χ2n) is 7.76. The summed E-state index contributed by atoms with van der Waals surface area (Å²) in [6, 6.07) is 18.1. The number of hydrogen-bond donors (Lipinski definition) is 1. The van der Waals surface area contributed by atoms with Crippen LogP contribution in [0, 0.1) is 0 Å². The minimum Gasteiger partial charge on any atom is -0.481 e. The molecular formula is C25H27ClN2O3S3. The number of carbonyl (C=O) groups excluding carboxylic acids is 1. The third-order valence-corrected chi connectivity index (χ3v) is 9.01. The summed E-state index contributed by atoms with van der Waals surface area (Å²) in [5.74, 6) is 1.23. The summed E-state index contributed by atoms with van der Waals surface area (Å²) in [7, 11) is 3.51. The zero-order valence-corrected chi connectivity index (χ0v) is 22.3. The second-order valence-corrected chi connectivity index (χ2v) is 12.0. The van der Waals surface area contributed by atoms with Crippen molar-refractivity contribution in [2.24, 2.45) is 0 Å². The summed E-state index contributed by atoms with van der Waals surface area (Å²) < 4.78 is 0.0656. The Bertz CT molecular complexity index is 1140. The summed E-state index contributed by atoms with van der Waals surface area (Å²) in [6.45, 7) is 0. The molecule has 1 N–H and O–H groups in total. The van der Waals surface area contributed by atoms with Crippen LogP contribution in [0.4, 0.5) is 0 Å². The molecule has 0 radical (unpaired) electrons. The van der Waals surface area contributed by atoms with Crippen LogP contribution in [0.3, 0.4) is 0 Å². The van der Waals surface area contributed by atoms with Gasteiger partial charge in [0.25, 0.3) is 0 Å². The van der Waals surface area contributed by atoms with E-state index >= 15 is 0 Å². The largest absolute Gasteiger partial charge is 0.481 e. The fourth-order valence-electron chi connectivity index (χ4n) is 3.09. The van der Waals surface area contributed by atoms with Gasteiger partial charge in [0.1, 0.15) is 0 Å². The Morgan fingerprint density at radius 2 is 1.76 bits per heavy atom. The number of halogens is 1. The number of aromatic nitrogens is 1. The quantitative estimate of drug-likeness (QED) is 0.207. The molecule has 3 rings (SSSR count). The Morgan fingerprint density at radius 3 is 2.50 bits per heavy atom. The summed E-state index contributed by atoms with van der Waals surface area (Å²) in [5.41, 5.74) is 2.99. The number of benzene rings is 2. The zero-order valence-electron chi connectivity index (χ0n) is 19.1.